The summed E-state index contributed by atoms with van der Waals surface area (Å²) in [4.78, 5) is 35.8. The first-order valence-corrected chi connectivity index (χ1v) is 6.89. The highest BCUT2D eigenvalue weighted by Gasteiger charge is 2.37. The number of carbonyl (C=O) groups excluding carboxylic acids is 2. The summed E-state index contributed by atoms with van der Waals surface area (Å²) in [5.41, 5.74) is 0. The number of imide groups is 1. The Morgan fingerprint density at radius 1 is 1.33 bits per heavy atom. The van der Waals surface area contributed by atoms with Crippen LogP contribution in [0.1, 0.15) is 13.8 Å². The van der Waals surface area contributed by atoms with Crippen molar-refractivity contribution in [3.63, 3.8) is 0 Å². The molecule has 3 N–H and O–H groups in total. The number of hydrogen-bond donors (Lipinski definition) is 3. The SMILES string of the molecule is CC(C)CNC(=O)NC(=O)CN(C)C1COCC1C(=O)O. The number of likely N-dealkylation sites (N-methyl/N-ethyl adjacent to an activating group) is 1. The van der Waals surface area contributed by atoms with E-state index in [9.17, 15) is 14.4 Å². The van der Waals surface area contributed by atoms with Gasteiger partial charge in [0, 0.05) is 12.6 Å². The maximum absolute atomic E-state index is 11.7. The minimum atomic E-state index is -0.945. The first-order chi connectivity index (χ1) is 9.81. The van der Waals surface area contributed by atoms with Crippen molar-refractivity contribution in [3.8, 4) is 0 Å². The zero-order valence-corrected chi connectivity index (χ0v) is 12.6. The quantitative estimate of drug-likeness (QED) is 0.610. The predicted octanol–water partition coefficient (Wildman–Crippen LogP) is -0.500. The molecule has 0 aromatic rings. The number of carboxylic acid groups (broad SMARTS) is 1. The molecule has 0 aliphatic carbocycles. The molecule has 0 spiro atoms. The minimum Gasteiger partial charge on any atom is -0.481 e. The minimum absolute atomic E-state index is 0.0626. The second-order valence-electron chi connectivity index (χ2n) is 5.62. The van der Waals surface area contributed by atoms with Crippen LogP contribution in [0, 0.1) is 11.8 Å². The second-order valence-corrected chi connectivity index (χ2v) is 5.62. The molecule has 0 bridgehead atoms. The van der Waals surface area contributed by atoms with E-state index >= 15 is 0 Å². The lowest BCUT2D eigenvalue weighted by Crippen LogP contribution is -2.48. The maximum Gasteiger partial charge on any atom is 0.321 e. The Morgan fingerprint density at radius 2 is 2.00 bits per heavy atom. The largest absolute Gasteiger partial charge is 0.481 e. The van der Waals surface area contributed by atoms with Gasteiger partial charge >= 0.3 is 12.0 Å². The lowest BCUT2D eigenvalue weighted by molar-refractivity contribution is -0.143. The van der Waals surface area contributed by atoms with Gasteiger partial charge in [0.15, 0.2) is 0 Å². The number of hydrogen-bond acceptors (Lipinski definition) is 5. The van der Waals surface area contributed by atoms with Crippen LogP contribution < -0.4 is 10.6 Å². The molecule has 8 heteroatoms. The van der Waals surface area contributed by atoms with E-state index in [-0.39, 0.29) is 25.8 Å². The molecule has 0 aromatic carbocycles. The third-order valence-electron chi connectivity index (χ3n) is 3.25. The van der Waals surface area contributed by atoms with E-state index in [1.54, 1.807) is 11.9 Å². The van der Waals surface area contributed by atoms with E-state index in [1.807, 2.05) is 13.8 Å². The van der Waals surface area contributed by atoms with Crippen LogP contribution in [0.4, 0.5) is 4.79 Å². The van der Waals surface area contributed by atoms with E-state index < -0.39 is 23.8 Å². The molecule has 1 heterocycles. The Morgan fingerprint density at radius 3 is 2.57 bits per heavy atom. The standard InChI is InChI=1S/C13H23N3O5/c1-8(2)4-14-13(20)15-11(17)5-16(3)10-7-21-6-9(10)12(18)19/h8-10H,4-7H2,1-3H3,(H,18,19)(H2,14,15,17,20). The number of amides is 3. The van der Waals surface area contributed by atoms with Gasteiger partial charge in [0.2, 0.25) is 5.91 Å². The van der Waals surface area contributed by atoms with Gasteiger partial charge in [-0.1, -0.05) is 13.8 Å². The van der Waals surface area contributed by atoms with Crippen LogP contribution in [-0.4, -0.2) is 67.3 Å². The Hall–Kier alpha value is -1.67. The molecule has 0 saturated carbocycles. The molecule has 3 amide bonds. The fraction of sp³-hybridized carbons (Fsp3) is 0.769. The van der Waals surface area contributed by atoms with Gasteiger partial charge in [0.1, 0.15) is 0 Å². The summed E-state index contributed by atoms with van der Waals surface area (Å²) in [6.07, 6.45) is 0. The number of carbonyl (C=O) groups is 3. The van der Waals surface area contributed by atoms with E-state index in [1.165, 1.54) is 0 Å². The number of aliphatic carboxylic acids is 1. The van der Waals surface area contributed by atoms with Gasteiger partial charge in [-0.2, -0.15) is 0 Å². The molecule has 1 aliphatic rings. The van der Waals surface area contributed by atoms with Crippen LogP contribution in [0.15, 0.2) is 0 Å². The Balaban J connectivity index is 2.40. The van der Waals surface area contributed by atoms with Gasteiger partial charge in [-0.15, -0.1) is 0 Å². The van der Waals surface area contributed by atoms with Crippen LogP contribution >= 0.6 is 0 Å². The van der Waals surface area contributed by atoms with Gasteiger partial charge in [-0.3, -0.25) is 19.8 Å². The molecule has 0 radical (unpaired) electrons. The van der Waals surface area contributed by atoms with Crippen LogP contribution in [0.25, 0.3) is 0 Å². The molecule has 1 aliphatic heterocycles. The number of urea groups is 1. The van der Waals surface area contributed by atoms with Gasteiger partial charge < -0.3 is 15.2 Å². The van der Waals surface area contributed by atoms with Crippen molar-refractivity contribution < 1.29 is 24.2 Å². The molecule has 21 heavy (non-hydrogen) atoms. The van der Waals surface area contributed by atoms with Crippen molar-refractivity contribution in [2.24, 2.45) is 11.8 Å². The highest BCUT2D eigenvalue weighted by molar-refractivity contribution is 5.95. The summed E-state index contributed by atoms with van der Waals surface area (Å²) in [6, 6.07) is -0.911. The predicted molar refractivity (Wildman–Crippen MR) is 74.7 cm³/mol. The van der Waals surface area contributed by atoms with Crippen molar-refractivity contribution in [3.05, 3.63) is 0 Å². The van der Waals surface area contributed by atoms with Crippen molar-refractivity contribution in [2.45, 2.75) is 19.9 Å². The van der Waals surface area contributed by atoms with Crippen LogP contribution in [0.5, 0.6) is 0 Å². The maximum atomic E-state index is 11.7. The number of carboxylic acids is 1. The van der Waals surface area contributed by atoms with E-state index in [0.29, 0.717) is 12.5 Å². The molecule has 8 nitrogen and oxygen atoms in total. The highest BCUT2D eigenvalue weighted by atomic mass is 16.5. The Bertz CT molecular complexity index is 399. The molecule has 1 fully saturated rings. The van der Waals surface area contributed by atoms with Gasteiger partial charge in [0.05, 0.1) is 25.7 Å². The lowest BCUT2D eigenvalue weighted by Gasteiger charge is -2.25. The van der Waals surface area contributed by atoms with E-state index in [0.717, 1.165) is 0 Å². The first kappa shape index (κ1) is 17.4. The number of rotatable bonds is 6. The monoisotopic (exact) mass is 301 g/mol. The average Bonchev–Trinajstić information content (AvgIpc) is 2.85. The van der Waals surface area contributed by atoms with Crippen molar-refractivity contribution >= 4 is 17.9 Å². The van der Waals surface area contributed by atoms with Crippen LogP contribution in [-0.2, 0) is 14.3 Å². The summed E-state index contributed by atoms with van der Waals surface area (Å²) in [6.45, 7) is 4.71. The lowest BCUT2D eigenvalue weighted by atomic mass is 10.0. The summed E-state index contributed by atoms with van der Waals surface area (Å²) in [5, 5.41) is 13.9. The molecule has 1 saturated heterocycles. The molecule has 2 atom stereocenters. The molecule has 0 aromatic heterocycles. The normalized spacial score (nSPS) is 21.6. The highest BCUT2D eigenvalue weighted by Crippen LogP contribution is 2.18. The molecule has 2 unspecified atom stereocenters. The molecule has 120 valence electrons. The topological polar surface area (TPSA) is 108 Å². The molecular weight excluding hydrogens is 278 g/mol. The molecule has 1 rings (SSSR count). The van der Waals surface area contributed by atoms with E-state index in [2.05, 4.69) is 10.6 Å². The van der Waals surface area contributed by atoms with Gasteiger partial charge in [-0.25, -0.2) is 4.79 Å². The fourth-order valence-corrected chi connectivity index (χ4v) is 2.06. The summed E-state index contributed by atoms with van der Waals surface area (Å²) >= 11 is 0. The van der Waals surface area contributed by atoms with Crippen LogP contribution in [0.2, 0.25) is 0 Å². The second kappa shape index (κ2) is 7.94. The number of ether oxygens (including phenoxy) is 1. The number of nitrogens with one attached hydrogen (secondary N) is 2. The number of nitrogens with zero attached hydrogens (tertiary/aromatic N) is 1. The Kier molecular flexibility index (Phi) is 6.57. The van der Waals surface area contributed by atoms with Crippen molar-refractivity contribution in [2.75, 3.05) is 33.4 Å². The fourth-order valence-electron chi connectivity index (χ4n) is 2.06. The zero-order chi connectivity index (χ0) is 16.0. The van der Waals surface area contributed by atoms with Crippen molar-refractivity contribution in [1.29, 1.82) is 0 Å². The van der Waals surface area contributed by atoms with Gasteiger partial charge in [0.25, 0.3) is 0 Å². The summed E-state index contributed by atoms with van der Waals surface area (Å²) in [7, 11) is 1.64. The van der Waals surface area contributed by atoms with Gasteiger partial charge in [-0.05, 0) is 13.0 Å². The first-order valence-electron chi connectivity index (χ1n) is 6.89. The zero-order valence-electron chi connectivity index (χ0n) is 12.6. The summed E-state index contributed by atoms with van der Waals surface area (Å²) < 4.78 is 5.15. The average molecular weight is 301 g/mol. The third kappa shape index (κ3) is 5.68. The molecular formula is C13H23N3O5. The van der Waals surface area contributed by atoms with E-state index in [4.69, 9.17) is 9.84 Å². The summed E-state index contributed by atoms with van der Waals surface area (Å²) in [5.74, 6) is -1.78. The Labute approximate surface area is 123 Å². The third-order valence-corrected chi connectivity index (χ3v) is 3.25. The smallest absolute Gasteiger partial charge is 0.321 e. The van der Waals surface area contributed by atoms with Crippen molar-refractivity contribution in [1.82, 2.24) is 15.5 Å². The van der Waals surface area contributed by atoms with Crippen LogP contribution in [0.3, 0.4) is 0 Å².